The van der Waals surface area contributed by atoms with Gasteiger partial charge in [0.1, 0.15) is 0 Å². The van der Waals surface area contributed by atoms with Gasteiger partial charge in [-0.3, -0.25) is 9.69 Å². The van der Waals surface area contributed by atoms with Crippen molar-refractivity contribution in [2.75, 3.05) is 6.54 Å². The molecule has 6 heteroatoms. The van der Waals surface area contributed by atoms with E-state index in [0.29, 0.717) is 30.4 Å². The highest BCUT2D eigenvalue weighted by molar-refractivity contribution is 5.80. The SMILES string of the molecule is Cc1nnc(CNC(=O)[C@@H]2C[C@H](c3ccccc3)N3CCC[C@@H]23)o1. The summed E-state index contributed by atoms with van der Waals surface area (Å²) in [4.78, 5) is 15.2. The van der Waals surface area contributed by atoms with Crippen LogP contribution in [0.15, 0.2) is 34.7 Å². The Balaban J connectivity index is 1.46. The quantitative estimate of drug-likeness (QED) is 0.933. The molecule has 1 N–H and O–H groups in total. The second-order valence-corrected chi connectivity index (χ2v) is 6.65. The molecule has 2 aromatic rings. The lowest BCUT2D eigenvalue weighted by atomic mass is 9.93. The minimum atomic E-state index is 0.0294. The summed E-state index contributed by atoms with van der Waals surface area (Å²) in [6, 6.07) is 11.2. The molecule has 126 valence electrons. The van der Waals surface area contributed by atoms with Crippen molar-refractivity contribution in [3.63, 3.8) is 0 Å². The predicted octanol–water partition coefficient (Wildman–Crippen LogP) is 2.22. The number of carbonyl (C=O) groups is 1. The topological polar surface area (TPSA) is 71.3 Å². The maximum Gasteiger partial charge on any atom is 0.235 e. The van der Waals surface area contributed by atoms with E-state index in [1.807, 2.05) is 6.07 Å². The number of benzene rings is 1. The number of fused-ring (bicyclic) bond motifs is 1. The van der Waals surface area contributed by atoms with E-state index in [1.165, 1.54) is 12.0 Å². The van der Waals surface area contributed by atoms with E-state index in [4.69, 9.17) is 4.42 Å². The van der Waals surface area contributed by atoms with Crippen molar-refractivity contribution in [3.8, 4) is 0 Å². The van der Waals surface area contributed by atoms with E-state index in [-0.39, 0.29) is 11.8 Å². The number of hydrogen-bond donors (Lipinski definition) is 1. The normalized spacial score (nSPS) is 26.5. The Morgan fingerprint density at radius 2 is 2.17 bits per heavy atom. The van der Waals surface area contributed by atoms with E-state index in [2.05, 4.69) is 44.7 Å². The Morgan fingerprint density at radius 1 is 1.33 bits per heavy atom. The van der Waals surface area contributed by atoms with Crippen molar-refractivity contribution in [1.82, 2.24) is 20.4 Å². The van der Waals surface area contributed by atoms with E-state index in [0.717, 1.165) is 19.4 Å². The van der Waals surface area contributed by atoms with Gasteiger partial charge in [0.05, 0.1) is 12.5 Å². The van der Waals surface area contributed by atoms with Gasteiger partial charge in [0.2, 0.25) is 17.7 Å². The van der Waals surface area contributed by atoms with Gasteiger partial charge in [-0.15, -0.1) is 10.2 Å². The number of hydrogen-bond acceptors (Lipinski definition) is 5. The summed E-state index contributed by atoms with van der Waals surface area (Å²) in [5, 5.41) is 10.7. The van der Waals surface area contributed by atoms with Crippen LogP contribution in [0.4, 0.5) is 0 Å². The molecule has 0 spiro atoms. The van der Waals surface area contributed by atoms with Crippen LogP contribution in [0.3, 0.4) is 0 Å². The average molecular weight is 326 g/mol. The molecule has 0 saturated carbocycles. The summed E-state index contributed by atoms with van der Waals surface area (Å²) in [6.07, 6.45) is 3.14. The molecule has 2 fully saturated rings. The third kappa shape index (κ3) is 2.82. The standard InChI is InChI=1S/C18H22N4O2/c1-12-20-21-17(24-12)11-19-18(23)14-10-16(13-6-3-2-4-7-13)22-9-5-8-15(14)22/h2-4,6-7,14-16H,5,8-11H2,1H3,(H,19,23)/t14-,15+,16-/m1/s1. The van der Waals surface area contributed by atoms with E-state index in [9.17, 15) is 4.79 Å². The zero-order chi connectivity index (χ0) is 16.5. The van der Waals surface area contributed by atoms with Crippen LogP contribution in [-0.4, -0.2) is 33.6 Å². The van der Waals surface area contributed by atoms with Gasteiger partial charge in [0.15, 0.2) is 0 Å². The Bertz CT molecular complexity index is 715. The number of carbonyl (C=O) groups excluding carboxylic acids is 1. The molecule has 3 heterocycles. The largest absolute Gasteiger partial charge is 0.424 e. The minimum absolute atomic E-state index is 0.0294. The van der Waals surface area contributed by atoms with Crippen molar-refractivity contribution in [1.29, 1.82) is 0 Å². The molecule has 1 aromatic heterocycles. The molecule has 1 aromatic carbocycles. The van der Waals surface area contributed by atoms with E-state index < -0.39 is 0 Å². The van der Waals surface area contributed by atoms with Crippen molar-refractivity contribution in [2.24, 2.45) is 5.92 Å². The Labute approximate surface area is 141 Å². The Kier molecular flexibility index (Phi) is 4.06. The Morgan fingerprint density at radius 3 is 2.92 bits per heavy atom. The summed E-state index contributed by atoms with van der Waals surface area (Å²) in [5.41, 5.74) is 1.31. The molecule has 3 atom stereocenters. The van der Waals surface area contributed by atoms with Crippen LogP contribution in [0, 0.1) is 12.8 Å². The van der Waals surface area contributed by atoms with Gasteiger partial charge in [-0.25, -0.2) is 0 Å². The molecule has 2 aliphatic heterocycles. The molecule has 0 bridgehead atoms. The predicted molar refractivity (Wildman–Crippen MR) is 87.9 cm³/mol. The lowest BCUT2D eigenvalue weighted by Crippen LogP contribution is -2.37. The molecule has 6 nitrogen and oxygen atoms in total. The van der Waals surface area contributed by atoms with Crippen LogP contribution < -0.4 is 5.32 Å². The average Bonchev–Trinajstić information content (AvgIpc) is 3.29. The maximum atomic E-state index is 12.7. The van der Waals surface area contributed by atoms with Crippen molar-refractivity contribution in [2.45, 2.75) is 44.8 Å². The first-order valence-electron chi connectivity index (χ1n) is 8.60. The first-order valence-corrected chi connectivity index (χ1v) is 8.60. The number of nitrogens with zero attached hydrogens (tertiary/aromatic N) is 3. The van der Waals surface area contributed by atoms with Gasteiger partial charge in [-0.2, -0.15) is 0 Å². The lowest BCUT2D eigenvalue weighted by Gasteiger charge is -2.24. The highest BCUT2D eigenvalue weighted by Crippen LogP contribution is 2.44. The summed E-state index contributed by atoms with van der Waals surface area (Å²) < 4.78 is 5.33. The molecular weight excluding hydrogens is 304 g/mol. The molecule has 0 unspecified atom stereocenters. The molecule has 2 saturated heterocycles. The second kappa shape index (κ2) is 6.36. The fraction of sp³-hybridized carbons (Fsp3) is 0.500. The second-order valence-electron chi connectivity index (χ2n) is 6.65. The van der Waals surface area contributed by atoms with Crippen LogP contribution in [0.25, 0.3) is 0 Å². The fourth-order valence-corrected chi connectivity index (χ4v) is 4.15. The minimum Gasteiger partial charge on any atom is -0.424 e. The number of aryl methyl sites for hydroxylation is 1. The molecule has 0 aliphatic carbocycles. The Hall–Kier alpha value is -2.21. The molecule has 1 amide bonds. The van der Waals surface area contributed by atoms with Crippen LogP contribution in [-0.2, 0) is 11.3 Å². The smallest absolute Gasteiger partial charge is 0.235 e. The van der Waals surface area contributed by atoms with E-state index >= 15 is 0 Å². The summed E-state index contributed by atoms with van der Waals surface area (Å²) in [6.45, 7) is 3.13. The first kappa shape index (κ1) is 15.3. The van der Waals surface area contributed by atoms with Crippen LogP contribution >= 0.6 is 0 Å². The summed E-state index contributed by atoms with van der Waals surface area (Å²) in [5.74, 6) is 1.11. The highest BCUT2D eigenvalue weighted by Gasteiger charge is 2.46. The van der Waals surface area contributed by atoms with Crippen molar-refractivity contribution < 1.29 is 9.21 Å². The highest BCUT2D eigenvalue weighted by atomic mass is 16.4. The van der Waals surface area contributed by atoms with Crippen LogP contribution in [0.5, 0.6) is 0 Å². The molecule has 2 aliphatic rings. The summed E-state index contributed by atoms with van der Waals surface area (Å²) in [7, 11) is 0. The molecule has 24 heavy (non-hydrogen) atoms. The first-order chi connectivity index (χ1) is 11.7. The van der Waals surface area contributed by atoms with Gasteiger partial charge in [0.25, 0.3) is 0 Å². The zero-order valence-corrected chi connectivity index (χ0v) is 13.8. The van der Waals surface area contributed by atoms with Gasteiger partial charge in [-0.05, 0) is 31.4 Å². The van der Waals surface area contributed by atoms with Gasteiger partial charge >= 0.3 is 0 Å². The van der Waals surface area contributed by atoms with Crippen LogP contribution in [0.2, 0.25) is 0 Å². The molecular formula is C18H22N4O2. The molecule has 0 radical (unpaired) electrons. The van der Waals surface area contributed by atoms with Crippen molar-refractivity contribution >= 4 is 5.91 Å². The van der Waals surface area contributed by atoms with Crippen LogP contribution in [0.1, 0.15) is 42.6 Å². The number of amides is 1. The number of nitrogens with one attached hydrogen (secondary N) is 1. The number of rotatable bonds is 4. The fourth-order valence-electron chi connectivity index (χ4n) is 4.15. The van der Waals surface area contributed by atoms with Gasteiger partial charge < -0.3 is 9.73 Å². The third-order valence-electron chi connectivity index (χ3n) is 5.19. The third-order valence-corrected chi connectivity index (χ3v) is 5.19. The molecule has 4 rings (SSSR count). The van der Waals surface area contributed by atoms with Gasteiger partial charge in [0, 0.05) is 19.0 Å². The maximum absolute atomic E-state index is 12.7. The number of aromatic nitrogens is 2. The summed E-state index contributed by atoms with van der Waals surface area (Å²) >= 11 is 0. The lowest BCUT2D eigenvalue weighted by molar-refractivity contribution is -0.125. The monoisotopic (exact) mass is 326 g/mol. The van der Waals surface area contributed by atoms with Gasteiger partial charge in [-0.1, -0.05) is 30.3 Å². The zero-order valence-electron chi connectivity index (χ0n) is 13.8. The van der Waals surface area contributed by atoms with Crippen molar-refractivity contribution in [3.05, 3.63) is 47.7 Å². The van der Waals surface area contributed by atoms with E-state index in [1.54, 1.807) is 6.92 Å².